The average Bonchev–Trinajstić information content (AvgIpc) is 2.63. The maximum Gasteiger partial charge on any atom is 0.264 e. The summed E-state index contributed by atoms with van der Waals surface area (Å²) in [6.07, 6.45) is -1.54. The van der Waals surface area contributed by atoms with E-state index in [9.17, 15) is 23.7 Å². The van der Waals surface area contributed by atoms with E-state index >= 15 is 0 Å². The number of rotatable bonds is 3. The van der Waals surface area contributed by atoms with Crippen LogP contribution in [0.25, 0.3) is 0 Å². The van der Waals surface area contributed by atoms with E-state index in [0.29, 0.717) is 0 Å². The molecule has 0 radical (unpaired) electrons. The summed E-state index contributed by atoms with van der Waals surface area (Å²) in [5.74, 6) is -0.503. The van der Waals surface area contributed by atoms with Gasteiger partial charge in [0.05, 0.1) is 39.6 Å². The summed E-state index contributed by atoms with van der Waals surface area (Å²) in [7, 11) is -3.59. The van der Waals surface area contributed by atoms with Crippen LogP contribution in [0, 0.1) is 5.92 Å². The summed E-state index contributed by atoms with van der Waals surface area (Å²) in [4.78, 5) is 1.76. The molecule has 9 heteroatoms. The zero-order chi connectivity index (χ0) is 12.8. The highest BCUT2D eigenvalue weighted by Gasteiger charge is 2.53. The second kappa shape index (κ2) is 5.44. The lowest BCUT2D eigenvalue weighted by Crippen LogP contribution is -2.40. The van der Waals surface area contributed by atoms with Crippen molar-refractivity contribution in [2.75, 3.05) is 26.0 Å². The summed E-state index contributed by atoms with van der Waals surface area (Å²) >= 11 is 0. The first-order chi connectivity index (χ1) is 7.83. The third kappa shape index (κ3) is 2.86. The van der Waals surface area contributed by atoms with Gasteiger partial charge in [-0.05, 0) is 0 Å². The van der Waals surface area contributed by atoms with Crippen LogP contribution in [-0.2, 0) is 14.3 Å². The molecule has 2 heterocycles. The van der Waals surface area contributed by atoms with E-state index in [-0.39, 0.29) is 28.1 Å². The fourth-order valence-electron chi connectivity index (χ4n) is 2.77. The first-order valence-electron chi connectivity index (χ1n) is 5.43. The minimum absolute atomic E-state index is 0. The van der Waals surface area contributed by atoms with Gasteiger partial charge in [0, 0.05) is 25.0 Å². The lowest BCUT2D eigenvalue weighted by molar-refractivity contribution is 0.00970. The summed E-state index contributed by atoms with van der Waals surface area (Å²) in [5, 5.41) is 28.6. The van der Waals surface area contributed by atoms with Crippen LogP contribution in [-0.4, -0.2) is 87.4 Å². The van der Waals surface area contributed by atoms with Crippen LogP contribution in [0.2, 0.25) is 0 Å². The van der Waals surface area contributed by atoms with Gasteiger partial charge in [-0.15, -0.1) is 0 Å². The molecule has 0 aromatic heterocycles. The highest BCUT2D eigenvalue weighted by molar-refractivity contribution is 7.86. The summed E-state index contributed by atoms with van der Waals surface area (Å²) in [6.45, 7) is 0.272. The molecule has 0 spiro atoms. The molecular weight excluding hydrogens is 261 g/mol. The molecule has 0 aromatic carbocycles. The Labute approximate surface area is 108 Å². The molecule has 106 valence electrons. The average molecular weight is 281 g/mol. The van der Waals surface area contributed by atoms with E-state index < -0.39 is 40.4 Å². The van der Waals surface area contributed by atoms with Crippen molar-refractivity contribution in [2.45, 2.75) is 24.4 Å². The van der Waals surface area contributed by atoms with Crippen molar-refractivity contribution in [3.05, 3.63) is 0 Å². The monoisotopic (exact) mass is 281 g/mol. The van der Waals surface area contributed by atoms with Crippen molar-refractivity contribution in [2.24, 2.45) is 5.92 Å². The van der Waals surface area contributed by atoms with Crippen LogP contribution in [0.1, 0.15) is 0 Å². The Hall–Kier alpha value is -0.185. The molecule has 18 heavy (non-hydrogen) atoms. The lowest BCUT2D eigenvalue weighted by atomic mass is 9.94. The third-order valence-corrected chi connectivity index (χ3v) is 4.02. The molecule has 7 nitrogen and oxygen atoms in total. The van der Waals surface area contributed by atoms with Crippen LogP contribution >= 0.6 is 0 Å². The smallest absolute Gasteiger partial charge is 0.264 e. The molecular formula is C9H20BNO6S. The predicted octanol–water partition coefficient (Wildman–Crippen LogP) is -3.82. The Bertz CT molecular complexity index is 391. The van der Waals surface area contributed by atoms with Crippen molar-refractivity contribution in [1.29, 1.82) is 0 Å². The van der Waals surface area contributed by atoms with Crippen LogP contribution in [0.3, 0.4) is 0 Å². The van der Waals surface area contributed by atoms with E-state index in [2.05, 4.69) is 0 Å². The number of fused-ring (bicyclic) bond motifs is 1. The quantitative estimate of drug-likeness (QED) is 0.359. The fraction of sp³-hybridized carbons (Fsp3) is 1.00. The third-order valence-electron chi connectivity index (χ3n) is 3.43. The highest BCUT2D eigenvalue weighted by atomic mass is 32.2. The van der Waals surface area contributed by atoms with Crippen molar-refractivity contribution in [3.63, 3.8) is 0 Å². The Kier molecular flexibility index (Phi) is 4.79. The van der Waals surface area contributed by atoms with Gasteiger partial charge >= 0.3 is 0 Å². The van der Waals surface area contributed by atoms with E-state index in [1.165, 1.54) is 0 Å². The molecule has 0 amide bonds. The molecule has 5 unspecified atom stereocenters. The van der Waals surface area contributed by atoms with Crippen molar-refractivity contribution < 1.29 is 27.9 Å². The van der Waals surface area contributed by atoms with Crippen LogP contribution in [0.5, 0.6) is 0 Å². The van der Waals surface area contributed by atoms with Gasteiger partial charge in [0.1, 0.15) is 0 Å². The fourth-order valence-corrected chi connectivity index (χ4v) is 3.42. The first-order valence-corrected chi connectivity index (χ1v) is 7.24. The number of aliphatic hydroxyl groups excluding tert-OH is 3. The van der Waals surface area contributed by atoms with Gasteiger partial charge < -0.3 is 15.3 Å². The number of hydrogen-bond donors (Lipinski definition) is 3. The minimum Gasteiger partial charge on any atom is -0.396 e. The van der Waals surface area contributed by atoms with E-state index in [4.69, 9.17) is 4.18 Å². The Morgan fingerprint density at radius 3 is 2.44 bits per heavy atom. The maximum atomic E-state index is 11.1. The standard InChI is InChI=1S/C9H17NO6S.BH3/c1-17(14,15)16-7-3-10-2-6(12)9(13)8(10)5(7)4-11;/h5-9,11-13H,2-4H2,1H3;1H3. The van der Waals surface area contributed by atoms with E-state index in [1.807, 2.05) is 0 Å². The molecule has 2 aliphatic heterocycles. The highest BCUT2D eigenvalue weighted by Crippen LogP contribution is 2.35. The SMILES string of the molecule is B.CS(=O)(=O)OC1CN2CC(O)C(O)C2C1CO. The van der Waals surface area contributed by atoms with Crippen molar-refractivity contribution in [3.8, 4) is 0 Å². The summed E-state index contributed by atoms with van der Waals surface area (Å²) < 4.78 is 27.1. The van der Waals surface area contributed by atoms with Crippen molar-refractivity contribution >= 4 is 18.5 Å². The molecule has 0 bridgehead atoms. The van der Waals surface area contributed by atoms with Gasteiger partial charge in [0.15, 0.2) is 0 Å². The zero-order valence-corrected chi connectivity index (χ0v) is 10.2. The lowest BCUT2D eigenvalue weighted by Gasteiger charge is -2.23. The minimum atomic E-state index is -3.59. The Morgan fingerprint density at radius 2 is 1.94 bits per heavy atom. The van der Waals surface area contributed by atoms with E-state index in [1.54, 1.807) is 4.90 Å². The largest absolute Gasteiger partial charge is 0.396 e. The maximum absolute atomic E-state index is 11.1. The normalized spacial score (nSPS) is 40.6. The molecule has 2 aliphatic rings. The zero-order valence-electron chi connectivity index (χ0n) is 9.43. The van der Waals surface area contributed by atoms with Gasteiger partial charge in [-0.1, -0.05) is 0 Å². The summed E-state index contributed by atoms with van der Waals surface area (Å²) in [6, 6.07) is -0.443. The van der Waals surface area contributed by atoms with Crippen LogP contribution in [0.4, 0.5) is 0 Å². The topological polar surface area (TPSA) is 107 Å². The number of aliphatic hydroxyl groups is 3. The summed E-state index contributed by atoms with van der Waals surface area (Å²) in [5.41, 5.74) is 0. The second-order valence-electron chi connectivity index (χ2n) is 4.69. The Morgan fingerprint density at radius 1 is 1.33 bits per heavy atom. The number of nitrogens with zero attached hydrogens (tertiary/aromatic N) is 1. The molecule has 0 aromatic rings. The van der Waals surface area contributed by atoms with Gasteiger partial charge in [-0.3, -0.25) is 9.08 Å². The second-order valence-corrected chi connectivity index (χ2v) is 6.29. The molecule has 2 rings (SSSR count). The molecule has 2 saturated heterocycles. The first kappa shape index (κ1) is 15.9. The molecule has 0 aliphatic carbocycles. The van der Waals surface area contributed by atoms with Gasteiger partial charge in [-0.25, -0.2) is 0 Å². The molecule has 2 fully saturated rings. The Balaban J connectivity index is 0.00000162. The molecule has 5 atom stereocenters. The van der Waals surface area contributed by atoms with Gasteiger partial charge in [-0.2, -0.15) is 8.42 Å². The van der Waals surface area contributed by atoms with Gasteiger partial charge in [0.2, 0.25) is 0 Å². The number of hydrogen-bond acceptors (Lipinski definition) is 7. The van der Waals surface area contributed by atoms with Crippen molar-refractivity contribution in [1.82, 2.24) is 4.90 Å². The van der Waals surface area contributed by atoms with Crippen LogP contribution < -0.4 is 0 Å². The van der Waals surface area contributed by atoms with E-state index in [0.717, 1.165) is 6.26 Å². The molecule has 3 N–H and O–H groups in total. The predicted molar refractivity (Wildman–Crippen MR) is 67.6 cm³/mol. The van der Waals surface area contributed by atoms with Gasteiger partial charge in [0.25, 0.3) is 10.1 Å². The van der Waals surface area contributed by atoms with Crippen LogP contribution in [0.15, 0.2) is 0 Å². The molecule has 0 saturated carbocycles.